The van der Waals surface area contributed by atoms with E-state index in [4.69, 9.17) is 9.47 Å². The van der Waals surface area contributed by atoms with E-state index < -0.39 is 5.97 Å². The van der Waals surface area contributed by atoms with Crippen molar-refractivity contribution in [3.05, 3.63) is 84.4 Å². The zero-order valence-electron chi connectivity index (χ0n) is 14.1. The van der Waals surface area contributed by atoms with Crippen molar-refractivity contribution in [1.82, 2.24) is 0 Å². The molecule has 0 aliphatic carbocycles. The van der Waals surface area contributed by atoms with Crippen LogP contribution in [0.15, 0.2) is 78.9 Å². The van der Waals surface area contributed by atoms with E-state index in [0.717, 1.165) is 17.5 Å². The van der Waals surface area contributed by atoms with Gasteiger partial charge < -0.3 is 9.47 Å². The van der Waals surface area contributed by atoms with Crippen LogP contribution < -0.4 is 9.47 Å². The van der Waals surface area contributed by atoms with Crippen LogP contribution in [-0.4, -0.2) is 12.6 Å². The SMILES string of the molecule is CCCOc1cccc(C(=O)Oc2ccc(-c3ccccc3)cc2)c1. The number of carbonyl (C=O) groups is 1. The van der Waals surface area contributed by atoms with Gasteiger partial charge in [-0.05, 0) is 47.9 Å². The number of ether oxygens (including phenoxy) is 2. The molecule has 0 amide bonds. The van der Waals surface area contributed by atoms with E-state index in [1.54, 1.807) is 30.3 Å². The number of rotatable bonds is 6. The van der Waals surface area contributed by atoms with Crippen LogP contribution in [-0.2, 0) is 0 Å². The van der Waals surface area contributed by atoms with Gasteiger partial charge in [-0.15, -0.1) is 0 Å². The molecule has 3 heteroatoms. The van der Waals surface area contributed by atoms with Gasteiger partial charge in [-0.2, -0.15) is 0 Å². The smallest absolute Gasteiger partial charge is 0.343 e. The average molecular weight is 332 g/mol. The molecule has 126 valence electrons. The lowest BCUT2D eigenvalue weighted by atomic mass is 10.1. The Bertz CT molecular complexity index is 823. The normalized spacial score (nSPS) is 10.3. The van der Waals surface area contributed by atoms with E-state index in [1.807, 2.05) is 55.5 Å². The Labute approximate surface area is 147 Å². The molecule has 0 fully saturated rings. The zero-order valence-corrected chi connectivity index (χ0v) is 14.1. The summed E-state index contributed by atoms with van der Waals surface area (Å²) in [7, 11) is 0. The molecule has 0 unspecified atom stereocenters. The predicted octanol–water partition coefficient (Wildman–Crippen LogP) is 5.36. The van der Waals surface area contributed by atoms with E-state index in [0.29, 0.717) is 23.7 Å². The van der Waals surface area contributed by atoms with Crippen LogP contribution in [0.3, 0.4) is 0 Å². The predicted molar refractivity (Wildman–Crippen MR) is 99.1 cm³/mol. The van der Waals surface area contributed by atoms with Crippen molar-refractivity contribution in [1.29, 1.82) is 0 Å². The Morgan fingerprint density at radius 1 is 0.800 bits per heavy atom. The summed E-state index contributed by atoms with van der Waals surface area (Å²) < 4.78 is 11.0. The first-order valence-electron chi connectivity index (χ1n) is 8.37. The second kappa shape index (κ2) is 8.15. The Balaban J connectivity index is 1.69. The highest BCUT2D eigenvalue weighted by molar-refractivity contribution is 5.91. The Hall–Kier alpha value is -3.07. The van der Waals surface area contributed by atoms with Crippen LogP contribution in [0.4, 0.5) is 0 Å². The molecule has 0 aliphatic rings. The van der Waals surface area contributed by atoms with Crippen LogP contribution >= 0.6 is 0 Å². The summed E-state index contributed by atoms with van der Waals surface area (Å²) in [6.07, 6.45) is 0.919. The van der Waals surface area contributed by atoms with E-state index in [1.165, 1.54) is 0 Å². The quantitative estimate of drug-likeness (QED) is 0.450. The third kappa shape index (κ3) is 4.48. The van der Waals surface area contributed by atoms with Crippen molar-refractivity contribution >= 4 is 5.97 Å². The summed E-state index contributed by atoms with van der Waals surface area (Å²) in [5, 5.41) is 0. The van der Waals surface area contributed by atoms with E-state index in [-0.39, 0.29) is 0 Å². The summed E-state index contributed by atoms with van der Waals surface area (Å²) in [6, 6.07) is 24.6. The Morgan fingerprint density at radius 3 is 2.24 bits per heavy atom. The van der Waals surface area contributed by atoms with Crippen LogP contribution in [0.2, 0.25) is 0 Å². The van der Waals surface area contributed by atoms with Gasteiger partial charge in [0.05, 0.1) is 12.2 Å². The molecule has 3 nitrogen and oxygen atoms in total. The fourth-order valence-corrected chi connectivity index (χ4v) is 2.44. The van der Waals surface area contributed by atoms with Gasteiger partial charge in [0.25, 0.3) is 0 Å². The lowest BCUT2D eigenvalue weighted by Gasteiger charge is -2.08. The zero-order chi connectivity index (χ0) is 17.5. The third-order valence-electron chi connectivity index (χ3n) is 3.71. The monoisotopic (exact) mass is 332 g/mol. The van der Waals surface area contributed by atoms with Gasteiger partial charge in [0.15, 0.2) is 0 Å². The number of esters is 1. The maximum Gasteiger partial charge on any atom is 0.343 e. The molecule has 0 aromatic heterocycles. The lowest BCUT2D eigenvalue weighted by molar-refractivity contribution is 0.0734. The highest BCUT2D eigenvalue weighted by Gasteiger charge is 2.10. The minimum Gasteiger partial charge on any atom is -0.494 e. The van der Waals surface area contributed by atoms with E-state index in [9.17, 15) is 4.79 Å². The minimum atomic E-state index is -0.394. The second-order valence-corrected chi connectivity index (χ2v) is 5.66. The molecule has 0 spiro atoms. The fourth-order valence-electron chi connectivity index (χ4n) is 2.44. The lowest BCUT2D eigenvalue weighted by Crippen LogP contribution is -2.08. The number of hydrogen-bond acceptors (Lipinski definition) is 3. The van der Waals surface area contributed by atoms with Gasteiger partial charge in [-0.1, -0.05) is 55.5 Å². The number of carbonyl (C=O) groups excluding carboxylic acids is 1. The summed E-state index contributed by atoms with van der Waals surface area (Å²) in [6.45, 7) is 2.66. The Morgan fingerprint density at radius 2 is 1.52 bits per heavy atom. The molecule has 0 saturated heterocycles. The highest BCUT2D eigenvalue weighted by atomic mass is 16.5. The van der Waals surface area contributed by atoms with Crippen LogP contribution in [0.1, 0.15) is 23.7 Å². The average Bonchev–Trinajstić information content (AvgIpc) is 2.68. The van der Waals surface area contributed by atoms with Gasteiger partial charge in [0.2, 0.25) is 0 Å². The number of hydrogen-bond donors (Lipinski definition) is 0. The molecule has 0 radical (unpaired) electrons. The minimum absolute atomic E-state index is 0.394. The topological polar surface area (TPSA) is 35.5 Å². The van der Waals surface area contributed by atoms with Gasteiger partial charge in [-0.25, -0.2) is 4.79 Å². The maximum absolute atomic E-state index is 12.3. The molecule has 0 aliphatic heterocycles. The van der Waals surface area contributed by atoms with E-state index in [2.05, 4.69) is 0 Å². The Kier molecular flexibility index (Phi) is 5.47. The molecule has 3 rings (SSSR count). The van der Waals surface area contributed by atoms with Gasteiger partial charge in [0.1, 0.15) is 11.5 Å². The van der Waals surface area contributed by atoms with Gasteiger partial charge >= 0.3 is 5.97 Å². The molecule has 0 saturated carbocycles. The van der Waals surface area contributed by atoms with Crippen LogP contribution in [0.25, 0.3) is 11.1 Å². The molecular weight excluding hydrogens is 312 g/mol. The fraction of sp³-hybridized carbons (Fsp3) is 0.136. The molecular formula is C22H20O3. The molecule has 3 aromatic rings. The molecule has 0 heterocycles. The van der Waals surface area contributed by atoms with Gasteiger partial charge in [-0.3, -0.25) is 0 Å². The van der Waals surface area contributed by atoms with Crippen LogP contribution in [0.5, 0.6) is 11.5 Å². The van der Waals surface area contributed by atoms with Crippen molar-refractivity contribution in [2.75, 3.05) is 6.61 Å². The van der Waals surface area contributed by atoms with Crippen molar-refractivity contribution in [3.8, 4) is 22.6 Å². The molecule has 25 heavy (non-hydrogen) atoms. The number of benzene rings is 3. The highest BCUT2D eigenvalue weighted by Crippen LogP contribution is 2.23. The van der Waals surface area contributed by atoms with Crippen molar-refractivity contribution in [2.45, 2.75) is 13.3 Å². The molecule has 3 aromatic carbocycles. The van der Waals surface area contributed by atoms with Crippen LogP contribution in [0, 0.1) is 0 Å². The summed E-state index contributed by atoms with van der Waals surface area (Å²) in [5.41, 5.74) is 2.68. The molecule has 0 bridgehead atoms. The van der Waals surface area contributed by atoms with Crippen molar-refractivity contribution in [2.24, 2.45) is 0 Å². The first kappa shape index (κ1) is 16.8. The summed E-state index contributed by atoms with van der Waals surface area (Å²) in [4.78, 5) is 12.3. The van der Waals surface area contributed by atoms with Crippen molar-refractivity contribution in [3.63, 3.8) is 0 Å². The first-order valence-corrected chi connectivity index (χ1v) is 8.37. The van der Waals surface area contributed by atoms with Gasteiger partial charge in [0, 0.05) is 0 Å². The summed E-state index contributed by atoms with van der Waals surface area (Å²) in [5.74, 6) is 0.801. The third-order valence-corrected chi connectivity index (χ3v) is 3.71. The van der Waals surface area contributed by atoms with Crippen molar-refractivity contribution < 1.29 is 14.3 Å². The molecule has 0 N–H and O–H groups in total. The largest absolute Gasteiger partial charge is 0.494 e. The summed E-state index contributed by atoms with van der Waals surface area (Å²) >= 11 is 0. The standard InChI is InChI=1S/C22H20O3/c1-2-15-24-21-10-6-9-19(16-21)22(23)25-20-13-11-18(12-14-20)17-7-4-3-5-8-17/h3-14,16H,2,15H2,1H3. The first-order chi connectivity index (χ1) is 12.3. The van der Waals surface area contributed by atoms with E-state index >= 15 is 0 Å². The molecule has 0 atom stereocenters. The second-order valence-electron chi connectivity index (χ2n) is 5.66. The maximum atomic E-state index is 12.3.